The number of nitrogens with zero attached hydrogens (tertiary/aromatic N) is 1. The van der Waals surface area contributed by atoms with E-state index in [1.165, 1.54) is 0 Å². The number of rotatable bonds is 4. The third kappa shape index (κ3) is 3.29. The predicted octanol–water partition coefficient (Wildman–Crippen LogP) is 3.10. The van der Waals surface area contributed by atoms with Crippen LogP contribution in [-0.4, -0.2) is 24.6 Å². The molecule has 0 saturated heterocycles. The second-order valence-corrected chi connectivity index (χ2v) is 5.14. The number of fused-ring (bicyclic) bond motifs is 1. The lowest BCUT2D eigenvalue weighted by molar-refractivity contribution is -0.139. The predicted molar refractivity (Wildman–Crippen MR) is 75.7 cm³/mol. The van der Waals surface area contributed by atoms with Crippen molar-refractivity contribution in [3.63, 3.8) is 0 Å². The summed E-state index contributed by atoms with van der Waals surface area (Å²) in [7, 11) is 0. The number of carbonyl (C=O) groups is 1. The second kappa shape index (κ2) is 5.94. The Labute approximate surface area is 118 Å². The lowest BCUT2D eigenvalue weighted by atomic mass is 10.1. The Balaban J connectivity index is 2.26. The van der Waals surface area contributed by atoms with Crippen LogP contribution in [0.25, 0.3) is 0 Å². The number of hydrogen-bond acceptors (Lipinski definition) is 5. The van der Waals surface area contributed by atoms with Crippen molar-refractivity contribution in [3.8, 4) is 11.5 Å². The van der Waals surface area contributed by atoms with Gasteiger partial charge in [-0.15, -0.1) is 0 Å². The van der Waals surface area contributed by atoms with E-state index < -0.39 is 0 Å². The van der Waals surface area contributed by atoms with Crippen LogP contribution in [0.5, 0.6) is 11.5 Å². The number of carbonyl (C=O) groups excluding carboxylic acids is 1. The van der Waals surface area contributed by atoms with E-state index in [9.17, 15) is 4.79 Å². The van der Waals surface area contributed by atoms with Crippen LogP contribution in [0, 0.1) is 5.92 Å². The molecule has 0 aliphatic carbocycles. The molecule has 2 rings (SSSR count). The zero-order chi connectivity index (χ0) is 14.7. The molecule has 5 nitrogen and oxygen atoms in total. The van der Waals surface area contributed by atoms with Gasteiger partial charge >= 0.3 is 5.97 Å². The van der Waals surface area contributed by atoms with Crippen LogP contribution >= 0.6 is 0 Å². The van der Waals surface area contributed by atoms with Gasteiger partial charge < -0.3 is 14.2 Å². The Morgan fingerprint density at radius 2 is 1.90 bits per heavy atom. The Morgan fingerprint density at radius 1 is 1.20 bits per heavy atom. The Bertz CT molecular complexity index is 535. The first-order chi connectivity index (χ1) is 9.47. The molecular formula is C15H19NO4. The van der Waals surface area contributed by atoms with Gasteiger partial charge in [-0.2, -0.15) is 0 Å². The summed E-state index contributed by atoms with van der Waals surface area (Å²) in [5, 5.41) is 0. The van der Waals surface area contributed by atoms with Gasteiger partial charge in [0.2, 0.25) is 6.79 Å². The van der Waals surface area contributed by atoms with Crippen molar-refractivity contribution in [1.29, 1.82) is 0 Å². The molecule has 0 saturated carbocycles. The fraction of sp³-hybridized carbons (Fsp3) is 0.467. The van der Waals surface area contributed by atoms with Gasteiger partial charge in [-0.1, -0.05) is 13.8 Å². The smallest absolute Gasteiger partial charge is 0.353 e. The maximum Gasteiger partial charge on any atom is 0.353 e. The van der Waals surface area contributed by atoms with Gasteiger partial charge in [0.15, 0.2) is 11.5 Å². The highest BCUT2D eigenvalue weighted by molar-refractivity contribution is 6.37. The van der Waals surface area contributed by atoms with E-state index in [4.69, 9.17) is 14.2 Å². The highest BCUT2D eigenvalue weighted by atomic mass is 16.7. The molecule has 108 valence electrons. The normalized spacial score (nSPS) is 14.0. The fourth-order valence-corrected chi connectivity index (χ4v) is 1.78. The van der Waals surface area contributed by atoms with Crippen LogP contribution in [0.15, 0.2) is 23.2 Å². The molecule has 5 heteroatoms. The number of esters is 1. The van der Waals surface area contributed by atoms with Crippen molar-refractivity contribution in [2.75, 3.05) is 6.79 Å². The average molecular weight is 277 g/mol. The summed E-state index contributed by atoms with van der Waals surface area (Å²) < 4.78 is 15.8. The molecule has 1 aliphatic rings. The minimum atomic E-state index is -0.382. The van der Waals surface area contributed by atoms with Gasteiger partial charge in [0.1, 0.15) is 5.71 Å². The van der Waals surface area contributed by atoms with Gasteiger partial charge in [0, 0.05) is 12.0 Å². The topological polar surface area (TPSA) is 57.1 Å². The van der Waals surface area contributed by atoms with Gasteiger partial charge in [0.25, 0.3) is 0 Å². The van der Waals surface area contributed by atoms with E-state index in [1.807, 2.05) is 27.7 Å². The molecule has 0 radical (unpaired) electrons. The number of benzene rings is 1. The molecule has 1 heterocycles. The summed E-state index contributed by atoms with van der Waals surface area (Å²) >= 11 is 0. The van der Waals surface area contributed by atoms with Crippen molar-refractivity contribution in [3.05, 3.63) is 18.2 Å². The van der Waals surface area contributed by atoms with Crippen molar-refractivity contribution < 1.29 is 19.0 Å². The van der Waals surface area contributed by atoms with Crippen LogP contribution in [-0.2, 0) is 9.53 Å². The van der Waals surface area contributed by atoms with E-state index in [1.54, 1.807) is 18.2 Å². The highest BCUT2D eigenvalue weighted by Crippen LogP contribution is 2.35. The molecule has 0 fully saturated rings. The maximum absolute atomic E-state index is 12.0. The monoisotopic (exact) mass is 277 g/mol. The van der Waals surface area contributed by atoms with E-state index in [-0.39, 0.29) is 24.8 Å². The summed E-state index contributed by atoms with van der Waals surface area (Å²) in [6, 6.07) is 5.33. The van der Waals surface area contributed by atoms with E-state index >= 15 is 0 Å². The van der Waals surface area contributed by atoms with Crippen LogP contribution in [0.1, 0.15) is 27.7 Å². The van der Waals surface area contributed by atoms with Crippen LogP contribution in [0.2, 0.25) is 0 Å². The maximum atomic E-state index is 12.0. The molecule has 1 aliphatic heterocycles. The van der Waals surface area contributed by atoms with E-state index in [0.29, 0.717) is 22.9 Å². The molecule has 20 heavy (non-hydrogen) atoms. The van der Waals surface area contributed by atoms with Gasteiger partial charge in [0.05, 0.1) is 11.8 Å². The van der Waals surface area contributed by atoms with Gasteiger partial charge in [-0.3, -0.25) is 0 Å². The van der Waals surface area contributed by atoms with E-state index in [2.05, 4.69) is 4.99 Å². The summed E-state index contributed by atoms with van der Waals surface area (Å²) in [5.41, 5.74) is 1.05. The minimum Gasteiger partial charge on any atom is -0.458 e. The zero-order valence-corrected chi connectivity index (χ0v) is 12.2. The first-order valence-corrected chi connectivity index (χ1v) is 6.66. The quantitative estimate of drug-likeness (QED) is 0.627. The second-order valence-electron chi connectivity index (χ2n) is 5.14. The molecule has 0 amide bonds. The van der Waals surface area contributed by atoms with Crippen LogP contribution in [0.3, 0.4) is 0 Å². The lowest BCUT2D eigenvalue weighted by Gasteiger charge is -2.12. The van der Waals surface area contributed by atoms with Crippen molar-refractivity contribution in [1.82, 2.24) is 0 Å². The lowest BCUT2D eigenvalue weighted by Crippen LogP contribution is -2.25. The van der Waals surface area contributed by atoms with Crippen LogP contribution < -0.4 is 9.47 Å². The largest absolute Gasteiger partial charge is 0.458 e. The summed E-state index contributed by atoms with van der Waals surface area (Å²) in [4.78, 5) is 16.4. The summed E-state index contributed by atoms with van der Waals surface area (Å²) in [6.45, 7) is 7.67. The zero-order valence-electron chi connectivity index (χ0n) is 12.2. The average Bonchev–Trinajstić information content (AvgIpc) is 2.81. The highest BCUT2D eigenvalue weighted by Gasteiger charge is 2.19. The Kier molecular flexibility index (Phi) is 4.27. The molecule has 0 aromatic heterocycles. The third-order valence-corrected chi connectivity index (χ3v) is 2.70. The number of ether oxygens (including phenoxy) is 3. The summed E-state index contributed by atoms with van der Waals surface area (Å²) in [6.07, 6.45) is -0.164. The molecule has 0 atom stereocenters. The van der Waals surface area contributed by atoms with Gasteiger partial charge in [-0.05, 0) is 26.0 Å². The molecule has 0 unspecified atom stereocenters. The van der Waals surface area contributed by atoms with Crippen molar-refractivity contribution in [2.45, 2.75) is 33.8 Å². The SMILES string of the molecule is CC(C)OC(=O)C(=Nc1ccc2c(c1)OCO2)C(C)C. The van der Waals surface area contributed by atoms with Crippen molar-refractivity contribution >= 4 is 17.4 Å². The standard InChI is InChI=1S/C15H19NO4/c1-9(2)14(15(17)20-10(3)4)16-11-5-6-12-13(7-11)19-8-18-12/h5-7,9-10H,8H2,1-4H3. The first kappa shape index (κ1) is 14.4. The van der Waals surface area contributed by atoms with Crippen LogP contribution in [0.4, 0.5) is 5.69 Å². The summed E-state index contributed by atoms with van der Waals surface area (Å²) in [5.74, 6) is 0.936. The minimum absolute atomic E-state index is 0.0216. The third-order valence-electron chi connectivity index (χ3n) is 2.70. The molecule has 1 aromatic carbocycles. The molecule has 0 bridgehead atoms. The molecular weight excluding hydrogens is 258 g/mol. The first-order valence-electron chi connectivity index (χ1n) is 6.66. The number of aliphatic imine (C=N–C) groups is 1. The number of hydrogen-bond donors (Lipinski definition) is 0. The van der Waals surface area contributed by atoms with E-state index in [0.717, 1.165) is 0 Å². The van der Waals surface area contributed by atoms with Crippen molar-refractivity contribution in [2.24, 2.45) is 10.9 Å². The molecule has 0 N–H and O–H groups in total. The Hall–Kier alpha value is -2.04. The Morgan fingerprint density at radius 3 is 2.55 bits per heavy atom. The molecule has 0 spiro atoms. The molecule has 1 aromatic rings. The van der Waals surface area contributed by atoms with Gasteiger partial charge in [-0.25, -0.2) is 9.79 Å². The fourth-order valence-electron chi connectivity index (χ4n) is 1.78.